The van der Waals surface area contributed by atoms with Gasteiger partial charge in [0.15, 0.2) is 0 Å². The van der Waals surface area contributed by atoms with E-state index in [1.54, 1.807) is 25.7 Å². The van der Waals surface area contributed by atoms with Crippen LogP contribution in [-0.4, -0.2) is 34.8 Å². The molecule has 1 aliphatic heterocycles. The van der Waals surface area contributed by atoms with Gasteiger partial charge in [0.1, 0.15) is 11.3 Å². The summed E-state index contributed by atoms with van der Waals surface area (Å²) in [6, 6.07) is 23.3. The predicted molar refractivity (Wildman–Crippen MR) is 137 cm³/mol. The highest BCUT2D eigenvalue weighted by Crippen LogP contribution is 2.37. The van der Waals surface area contributed by atoms with Crippen LogP contribution in [0.3, 0.4) is 0 Å². The Morgan fingerprint density at radius 1 is 1.00 bits per heavy atom. The number of hydrogen-bond donors (Lipinski definition) is 1. The van der Waals surface area contributed by atoms with Crippen molar-refractivity contribution in [1.29, 1.82) is 0 Å². The zero-order valence-electron chi connectivity index (χ0n) is 20.9. The quantitative estimate of drug-likeness (QED) is 0.470. The van der Waals surface area contributed by atoms with Crippen LogP contribution >= 0.6 is 0 Å². The predicted octanol–water partition coefficient (Wildman–Crippen LogP) is 6.04. The minimum Gasteiger partial charge on any atom is -0.444 e. The lowest BCUT2D eigenvalue weighted by molar-refractivity contribution is -0.140. The van der Waals surface area contributed by atoms with Gasteiger partial charge in [0.25, 0.3) is 5.91 Å². The van der Waals surface area contributed by atoms with E-state index in [2.05, 4.69) is 5.32 Å². The van der Waals surface area contributed by atoms with Gasteiger partial charge in [-0.25, -0.2) is 4.79 Å². The van der Waals surface area contributed by atoms with Crippen molar-refractivity contribution in [3.05, 3.63) is 90.0 Å². The lowest BCUT2D eigenvalue weighted by Gasteiger charge is -2.33. The topological polar surface area (TPSA) is 67.9 Å². The SMILES string of the molecule is CC(C)(C)OC(=O)N/C(=C\C(=O)N1[C@H](c2ccccc2)COC1(C)C)c1ccc2ccccc2c1. The summed E-state index contributed by atoms with van der Waals surface area (Å²) < 4.78 is 11.5. The van der Waals surface area contributed by atoms with E-state index in [0.29, 0.717) is 17.9 Å². The highest BCUT2D eigenvalue weighted by atomic mass is 16.6. The fourth-order valence-corrected chi connectivity index (χ4v) is 4.30. The minimum atomic E-state index is -0.811. The Hall–Kier alpha value is -3.64. The number of benzene rings is 3. The zero-order chi connectivity index (χ0) is 25.2. The number of alkyl carbamates (subject to hydrolysis) is 1. The average Bonchev–Trinajstić information content (AvgIpc) is 3.12. The summed E-state index contributed by atoms with van der Waals surface area (Å²) in [5.74, 6) is -0.263. The largest absolute Gasteiger partial charge is 0.444 e. The van der Waals surface area contributed by atoms with E-state index in [0.717, 1.165) is 16.3 Å². The highest BCUT2D eigenvalue weighted by Gasteiger charge is 2.43. The number of rotatable bonds is 4. The molecule has 1 saturated heterocycles. The van der Waals surface area contributed by atoms with Crippen LogP contribution in [0.25, 0.3) is 16.5 Å². The van der Waals surface area contributed by atoms with Gasteiger partial charge in [0, 0.05) is 6.08 Å². The number of carbonyl (C=O) groups excluding carboxylic acids is 2. The summed E-state index contributed by atoms with van der Waals surface area (Å²) >= 11 is 0. The molecule has 0 saturated carbocycles. The molecule has 0 radical (unpaired) electrons. The number of fused-ring (bicyclic) bond motifs is 1. The van der Waals surface area contributed by atoms with E-state index in [9.17, 15) is 9.59 Å². The molecular weight excluding hydrogens is 440 g/mol. The van der Waals surface area contributed by atoms with Gasteiger partial charge in [-0.2, -0.15) is 0 Å². The van der Waals surface area contributed by atoms with Crippen LogP contribution in [0.1, 0.15) is 51.8 Å². The minimum absolute atomic E-state index is 0.241. The van der Waals surface area contributed by atoms with Crippen LogP contribution in [0, 0.1) is 0 Å². The second kappa shape index (κ2) is 9.55. The van der Waals surface area contributed by atoms with Crippen LogP contribution in [-0.2, 0) is 14.3 Å². The van der Waals surface area contributed by atoms with Crippen molar-refractivity contribution in [3.63, 3.8) is 0 Å². The zero-order valence-corrected chi connectivity index (χ0v) is 20.9. The molecule has 3 aromatic rings. The fourth-order valence-electron chi connectivity index (χ4n) is 4.30. The van der Waals surface area contributed by atoms with Crippen LogP contribution in [0.2, 0.25) is 0 Å². The molecule has 0 unspecified atom stereocenters. The summed E-state index contributed by atoms with van der Waals surface area (Å²) in [5.41, 5.74) is 0.578. The van der Waals surface area contributed by atoms with E-state index < -0.39 is 17.4 Å². The number of hydrogen-bond acceptors (Lipinski definition) is 4. The maximum absolute atomic E-state index is 13.7. The van der Waals surface area contributed by atoms with Gasteiger partial charge >= 0.3 is 6.09 Å². The normalized spacial score (nSPS) is 17.9. The second-order valence-corrected chi connectivity index (χ2v) is 10.1. The van der Waals surface area contributed by atoms with Gasteiger partial charge in [0.05, 0.1) is 18.3 Å². The lowest BCUT2D eigenvalue weighted by atomic mass is 10.0. The first-order valence-electron chi connectivity index (χ1n) is 11.8. The Balaban J connectivity index is 1.73. The van der Waals surface area contributed by atoms with Gasteiger partial charge < -0.3 is 14.4 Å². The number of nitrogens with zero attached hydrogens (tertiary/aromatic N) is 1. The molecule has 1 heterocycles. The van der Waals surface area contributed by atoms with Crippen molar-refractivity contribution in [1.82, 2.24) is 10.2 Å². The molecule has 35 heavy (non-hydrogen) atoms. The van der Waals surface area contributed by atoms with Crippen LogP contribution in [0.5, 0.6) is 0 Å². The molecule has 1 N–H and O–H groups in total. The van der Waals surface area contributed by atoms with E-state index >= 15 is 0 Å². The number of carbonyl (C=O) groups is 2. The van der Waals surface area contributed by atoms with Crippen LogP contribution < -0.4 is 5.32 Å². The Labute approximate surface area is 206 Å². The van der Waals surface area contributed by atoms with Gasteiger partial charge in [-0.1, -0.05) is 66.7 Å². The number of nitrogens with one attached hydrogen (secondary N) is 1. The number of amides is 2. The molecule has 4 rings (SSSR count). The Morgan fingerprint density at radius 2 is 1.66 bits per heavy atom. The highest BCUT2D eigenvalue weighted by molar-refractivity contribution is 5.99. The molecule has 3 aromatic carbocycles. The molecule has 6 heteroatoms. The summed E-state index contributed by atoms with van der Waals surface area (Å²) in [6.07, 6.45) is 0.835. The summed E-state index contributed by atoms with van der Waals surface area (Å²) in [4.78, 5) is 28.2. The van der Waals surface area contributed by atoms with E-state index in [1.807, 2.05) is 86.6 Å². The molecule has 6 nitrogen and oxygen atoms in total. The molecule has 0 aliphatic carbocycles. The summed E-state index contributed by atoms with van der Waals surface area (Å²) in [5, 5.41) is 4.87. The summed E-state index contributed by atoms with van der Waals surface area (Å²) in [6.45, 7) is 9.53. The second-order valence-electron chi connectivity index (χ2n) is 10.1. The smallest absolute Gasteiger partial charge is 0.412 e. The van der Waals surface area contributed by atoms with Crippen molar-refractivity contribution in [2.24, 2.45) is 0 Å². The van der Waals surface area contributed by atoms with Crippen LogP contribution in [0.4, 0.5) is 4.79 Å². The standard InChI is InChI=1S/C29H32N2O4/c1-28(2,3)35-27(33)30-24(23-16-15-20-11-9-10-14-22(20)17-23)18-26(32)31-25(19-34-29(31,4)5)21-12-7-6-8-13-21/h6-18,25H,19H2,1-5H3,(H,30,33)/b24-18-/t25-/m0/s1. The maximum Gasteiger partial charge on any atom is 0.412 e. The first-order valence-corrected chi connectivity index (χ1v) is 11.8. The van der Waals surface area contributed by atoms with Gasteiger partial charge in [-0.3, -0.25) is 10.1 Å². The molecular formula is C29H32N2O4. The first-order chi connectivity index (χ1) is 16.5. The molecule has 1 aliphatic rings. The monoisotopic (exact) mass is 472 g/mol. The van der Waals surface area contributed by atoms with E-state index in [-0.39, 0.29) is 11.9 Å². The summed E-state index contributed by atoms with van der Waals surface area (Å²) in [7, 11) is 0. The third-order valence-corrected chi connectivity index (χ3v) is 5.87. The van der Waals surface area contributed by atoms with Crippen molar-refractivity contribution in [2.75, 3.05) is 6.61 Å². The Kier molecular flexibility index (Phi) is 6.68. The first kappa shape index (κ1) is 24.5. The van der Waals surface area contributed by atoms with Gasteiger partial charge in [-0.15, -0.1) is 0 Å². The lowest BCUT2D eigenvalue weighted by Crippen LogP contribution is -2.44. The molecule has 2 amide bonds. The fraction of sp³-hybridized carbons (Fsp3) is 0.310. The molecule has 1 fully saturated rings. The molecule has 0 spiro atoms. The van der Waals surface area contributed by atoms with Crippen molar-refractivity contribution in [3.8, 4) is 0 Å². The van der Waals surface area contributed by atoms with Gasteiger partial charge in [0.2, 0.25) is 0 Å². The average molecular weight is 473 g/mol. The number of ether oxygens (including phenoxy) is 2. The Bertz CT molecular complexity index is 1260. The maximum atomic E-state index is 13.7. The van der Waals surface area contributed by atoms with Crippen molar-refractivity contribution in [2.45, 2.75) is 52.0 Å². The molecule has 0 aromatic heterocycles. The molecule has 182 valence electrons. The van der Waals surface area contributed by atoms with Crippen molar-refractivity contribution >= 4 is 28.5 Å². The van der Waals surface area contributed by atoms with Gasteiger partial charge in [-0.05, 0) is 62.6 Å². The van der Waals surface area contributed by atoms with Crippen LogP contribution in [0.15, 0.2) is 78.9 Å². The van der Waals surface area contributed by atoms with E-state index in [1.165, 1.54) is 6.08 Å². The Morgan fingerprint density at radius 3 is 2.34 bits per heavy atom. The van der Waals surface area contributed by atoms with E-state index in [4.69, 9.17) is 9.47 Å². The molecule has 1 atom stereocenters. The molecule has 0 bridgehead atoms. The third kappa shape index (κ3) is 5.72. The third-order valence-electron chi connectivity index (χ3n) is 5.87. The van der Waals surface area contributed by atoms with Crippen molar-refractivity contribution < 1.29 is 19.1 Å².